The molecule has 1 aromatic heterocycles. The van der Waals surface area contributed by atoms with Crippen LogP contribution in [0.25, 0.3) is 0 Å². The highest BCUT2D eigenvalue weighted by Gasteiger charge is 2.12. The summed E-state index contributed by atoms with van der Waals surface area (Å²) in [6, 6.07) is 11.5. The van der Waals surface area contributed by atoms with Crippen LogP contribution in [-0.4, -0.2) is 22.6 Å². The van der Waals surface area contributed by atoms with Crippen LogP contribution >= 0.6 is 11.8 Å². The van der Waals surface area contributed by atoms with E-state index in [1.165, 1.54) is 11.8 Å². The van der Waals surface area contributed by atoms with Crippen LogP contribution in [0, 0.1) is 13.8 Å². The lowest BCUT2D eigenvalue weighted by atomic mass is 10.1. The molecule has 1 heterocycles. The molecule has 0 spiro atoms. The number of rotatable bonds is 9. The standard InChI is InChI=1S/C22H24N2O4S/c1-5-26-19-9-8-17(16(4)25)11-18(19)13-29-22-24-23-21(28-22)12-27-20-10-14(2)6-7-15(20)3/h6-11H,5,12-13H2,1-4H3. The van der Waals surface area contributed by atoms with Gasteiger partial charge >= 0.3 is 0 Å². The highest BCUT2D eigenvalue weighted by atomic mass is 32.2. The van der Waals surface area contributed by atoms with Crippen molar-refractivity contribution in [2.75, 3.05) is 6.61 Å². The average Bonchev–Trinajstić information content (AvgIpc) is 3.16. The number of hydrogen-bond donors (Lipinski definition) is 0. The van der Waals surface area contributed by atoms with Crippen molar-refractivity contribution in [1.82, 2.24) is 10.2 Å². The fourth-order valence-corrected chi connectivity index (χ4v) is 3.46. The molecule has 0 radical (unpaired) electrons. The minimum absolute atomic E-state index is 0.0166. The van der Waals surface area contributed by atoms with Crippen LogP contribution in [0.3, 0.4) is 0 Å². The van der Waals surface area contributed by atoms with Crippen molar-refractivity contribution in [1.29, 1.82) is 0 Å². The normalized spacial score (nSPS) is 10.8. The molecule has 0 amide bonds. The second kappa shape index (κ2) is 9.60. The summed E-state index contributed by atoms with van der Waals surface area (Å²) >= 11 is 1.39. The molecule has 0 N–H and O–H groups in total. The Morgan fingerprint density at radius 2 is 1.90 bits per heavy atom. The maximum absolute atomic E-state index is 11.7. The van der Waals surface area contributed by atoms with Gasteiger partial charge in [0.25, 0.3) is 11.1 Å². The van der Waals surface area contributed by atoms with Gasteiger partial charge in [0, 0.05) is 16.9 Å². The molecule has 0 fully saturated rings. The molecule has 0 aliphatic rings. The molecule has 3 rings (SSSR count). The summed E-state index contributed by atoms with van der Waals surface area (Å²) in [5, 5.41) is 8.57. The molecule has 7 heteroatoms. The zero-order valence-corrected chi connectivity index (χ0v) is 17.8. The number of aromatic nitrogens is 2. The van der Waals surface area contributed by atoms with Gasteiger partial charge in [0.15, 0.2) is 12.4 Å². The molecular formula is C22H24N2O4S. The Labute approximate surface area is 174 Å². The molecule has 0 atom stereocenters. The summed E-state index contributed by atoms with van der Waals surface area (Å²) in [5.74, 6) is 2.54. The van der Waals surface area contributed by atoms with Gasteiger partial charge < -0.3 is 13.9 Å². The molecule has 0 aliphatic carbocycles. The van der Waals surface area contributed by atoms with E-state index < -0.39 is 0 Å². The minimum atomic E-state index is 0.0166. The molecule has 0 bridgehead atoms. The van der Waals surface area contributed by atoms with E-state index in [2.05, 4.69) is 10.2 Å². The van der Waals surface area contributed by atoms with E-state index in [1.807, 2.05) is 51.1 Å². The van der Waals surface area contributed by atoms with Crippen LogP contribution in [0.5, 0.6) is 11.5 Å². The second-order valence-corrected chi connectivity index (χ2v) is 7.55. The largest absolute Gasteiger partial charge is 0.494 e. The number of ketones is 1. The zero-order chi connectivity index (χ0) is 20.8. The van der Waals surface area contributed by atoms with Crippen molar-refractivity contribution in [2.24, 2.45) is 0 Å². The van der Waals surface area contributed by atoms with Crippen LogP contribution in [-0.2, 0) is 12.4 Å². The lowest BCUT2D eigenvalue weighted by Crippen LogP contribution is -1.99. The van der Waals surface area contributed by atoms with Crippen LogP contribution in [0.4, 0.5) is 0 Å². The van der Waals surface area contributed by atoms with E-state index in [-0.39, 0.29) is 12.4 Å². The summed E-state index contributed by atoms with van der Waals surface area (Å²) < 4.78 is 17.2. The monoisotopic (exact) mass is 412 g/mol. The van der Waals surface area contributed by atoms with Crippen molar-refractivity contribution in [2.45, 2.75) is 45.3 Å². The number of Topliss-reactive ketones (excluding diaryl/α,β-unsaturated/α-hetero) is 1. The Morgan fingerprint density at radius 3 is 2.66 bits per heavy atom. The summed E-state index contributed by atoms with van der Waals surface area (Å²) in [6.07, 6.45) is 0. The molecule has 29 heavy (non-hydrogen) atoms. The predicted molar refractivity (Wildman–Crippen MR) is 112 cm³/mol. The van der Waals surface area contributed by atoms with Gasteiger partial charge in [0.05, 0.1) is 6.61 Å². The molecule has 6 nitrogen and oxygen atoms in total. The molecule has 2 aromatic carbocycles. The second-order valence-electron chi connectivity index (χ2n) is 6.62. The quantitative estimate of drug-likeness (QED) is 0.355. The zero-order valence-electron chi connectivity index (χ0n) is 17.0. The van der Waals surface area contributed by atoms with Crippen molar-refractivity contribution in [3.8, 4) is 11.5 Å². The lowest BCUT2D eigenvalue weighted by molar-refractivity contribution is 0.101. The first-order valence-corrected chi connectivity index (χ1v) is 10.4. The molecule has 0 saturated carbocycles. The number of carbonyl (C=O) groups excluding carboxylic acids is 1. The number of hydrogen-bond acceptors (Lipinski definition) is 7. The van der Waals surface area contributed by atoms with E-state index >= 15 is 0 Å². The van der Waals surface area contributed by atoms with Gasteiger partial charge in [0.2, 0.25) is 0 Å². The Bertz CT molecular complexity index is 1000. The van der Waals surface area contributed by atoms with Crippen molar-refractivity contribution in [3.05, 3.63) is 64.5 Å². The van der Waals surface area contributed by atoms with Crippen LogP contribution in [0.1, 0.15) is 46.8 Å². The highest BCUT2D eigenvalue weighted by Crippen LogP contribution is 2.29. The van der Waals surface area contributed by atoms with E-state index in [0.717, 1.165) is 28.2 Å². The van der Waals surface area contributed by atoms with Crippen molar-refractivity contribution < 1.29 is 18.7 Å². The fourth-order valence-electron chi connectivity index (χ4n) is 2.70. The number of aryl methyl sites for hydroxylation is 2. The maximum Gasteiger partial charge on any atom is 0.277 e. The number of thioether (sulfide) groups is 1. The summed E-state index contributed by atoms with van der Waals surface area (Å²) in [7, 11) is 0. The van der Waals surface area contributed by atoms with Gasteiger partial charge in [-0.3, -0.25) is 4.79 Å². The van der Waals surface area contributed by atoms with Crippen molar-refractivity contribution >= 4 is 17.5 Å². The molecular weight excluding hydrogens is 388 g/mol. The van der Waals surface area contributed by atoms with Gasteiger partial charge in [-0.2, -0.15) is 0 Å². The number of carbonyl (C=O) groups is 1. The molecule has 0 unspecified atom stereocenters. The first-order chi connectivity index (χ1) is 14.0. The third kappa shape index (κ3) is 5.60. The topological polar surface area (TPSA) is 74.5 Å². The minimum Gasteiger partial charge on any atom is -0.494 e. The maximum atomic E-state index is 11.7. The summed E-state index contributed by atoms with van der Waals surface area (Å²) in [4.78, 5) is 11.7. The fraction of sp³-hybridized carbons (Fsp3) is 0.318. The van der Waals surface area contributed by atoms with Gasteiger partial charge in [-0.1, -0.05) is 23.9 Å². The van der Waals surface area contributed by atoms with Crippen molar-refractivity contribution in [3.63, 3.8) is 0 Å². The van der Waals surface area contributed by atoms with Gasteiger partial charge in [-0.05, 0) is 63.1 Å². The van der Waals surface area contributed by atoms with E-state index in [4.69, 9.17) is 13.9 Å². The van der Waals surface area contributed by atoms with Crippen LogP contribution in [0.15, 0.2) is 46.0 Å². The number of benzene rings is 2. The Kier molecular flexibility index (Phi) is 6.93. The Hall–Kier alpha value is -2.80. The van der Waals surface area contributed by atoms with Crippen LogP contribution in [0.2, 0.25) is 0 Å². The average molecular weight is 413 g/mol. The van der Waals surface area contributed by atoms with Gasteiger partial charge in [-0.15, -0.1) is 10.2 Å². The lowest BCUT2D eigenvalue weighted by Gasteiger charge is -2.10. The number of ether oxygens (including phenoxy) is 2. The molecule has 3 aromatic rings. The predicted octanol–water partition coefficient (Wildman–Crippen LogP) is 5.16. The smallest absolute Gasteiger partial charge is 0.277 e. The SMILES string of the molecule is CCOc1ccc(C(C)=O)cc1CSc1nnc(COc2cc(C)ccc2C)o1. The van der Waals surface area contributed by atoms with E-state index in [0.29, 0.717) is 29.0 Å². The first-order valence-electron chi connectivity index (χ1n) is 9.38. The third-order valence-electron chi connectivity index (χ3n) is 4.26. The highest BCUT2D eigenvalue weighted by molar-refractivity contribution is 7.98. The van der Waals surface area contributed by atoms with E-state index in [1.54, 1.807) is 13.0 Å². The van der Waals surface area contributed by atoms with Crippen LogP contribution < -0.4 is 9.47 Å². The van der Waals surface area contributed by atoms with Gasteiger partial charge in [-0.25, -0.2) is 0 Å². The summed E-state index contributed by atoms with van der Waals surface area (Å²) in [6.45, 7) is 8.25. The number of nitrogens with zero attached hydrogens (tertiary/aromatic N) is 2. The Morgan fingerprint density at radius 1 is 1.07 bits per heavy atom. The summed E-state index contributed by atoms with van der Waals surface area (Å²) in [5.41, 5.74) is 3.75. The van der Waals surface area contributed by atoms with E-state index in [9.17, 15) is 4.79 Å². The van der Waals surface area contributed by atoms with Gasteiger partial charge in [0.1, 0.15) is 11.5 Å². The first kappa shape index (κ1) is 20.9. The third-order valence-corrected chi connectivity index (χ3v) is 5.13. The Balaban J connectivity index is 1.64. The molecule has 0 saturated heterocycles. The molecule has 0 aliphatic heterocycles. The molecule has 152 valence electrons.